The topological polar surface area (TPSA) is 195 Å². The van der Waals surface area contributed by atoms with Crippen molar-refractivity contribution < 1.29 is 45.5 Å². The first-order valence-corrected chi connectivity index (χ1v) is 23.2. The van der Waals surface area contributed by atoms with Crippen LogP contribution in [-0.4, -0.2) is 84.1 Å². The number of carbonyl (C=O) groups is 4. The second kappa shape index (κ2) is 22.6. The number of alkyl halides is 4. The minimum absolute atomic E-state index is 0.00137. The molecular formula is C51H46BrF6N11O4. The van der Waals surface area contributed by atoms with Gasteiger partial charge in [0.2, 0.25) is 11.8 Å². The first kappa shape index (κ1) is 52.8. The van der Waals surface area contributed by atoms with E-state index < -0.39 is 47.8 Å². The molecule has 0 bridgehead atoms. The monoisotopic (exact) mass is 1070 g/mol. The van der Waals surface area contributed by atoms with Gasteiger partial charge >= 0.3 is 11.8 Å². The highest BCUT2D eigenvalue weighted by molar-refractivity contribution is 9.10. The van der Waals surface area contributed by atoms with Gasteiger partial charge in [0.25, 0.3) is 11.8 Å². The Morgan fingerprint density at radius 3 is 1.60 bits per heavy atom. The normalized spacial score (nSPS) is 17.4. The molecule has 8 aromatic rings. The predicted octanol–water partition coefficient (Wildman–Crippen LogP) is 8.46. The van der Waals surface area contributed by atoms with E-state index in [2.05, 4.69) is 57.8 Å². The molecule has 0 aliphatic carbocycles. The summed E-state index contributed by atoms with van der Waals surface area (Å²) in [5, 5.41) is 15.8. The van der Waals surface area contributed by atoms with Gasteiger partial charge in [-0.15, -0.1) is 0 Å². The third-order valence-electron chi connectivity index (χ3n) is 11.4. The van der Waals surface area contributed by atoms with E-state index in [1.165, 1.54) is 42.4 Å². The summed E-state index contributed by atoms with van der Waals surface area (Å²) in [5.41, 5.74) is 10.2. The maximum Gasteiger partial charge on any atom is 0.321 e. The Balaban J connectivity index is 0.000000173. The molecule has 4 aromatic carbocycles. The van der Waals surface area contributed by atoms with E-state index in [1.807, 2.05) is 18.2 Å². The molecule has 378 valence electrons. The molecule has 2 saturated heterocycles. The molecule has 6 heterocycles. The summed E-state index contributed by atoms with van der Waals surface area (Å²) in [5.74, 6) is -10.8. The number of benzene rings is 4. The molecule has 73 heavy (non-hydrogen) atoms. The number of halogens is 7. The number of carbonyl (C=O) groups excluding carboxylic acids is 4. The SMILES string of the molecule is CC(F)(F)C(=O)N[C@H]1CC(=O)N(c2ccc3c(cnn3-c3ccc(F)cc3)n2)[C@@H]1c1ccccc1.CC(F)(F)C(=O)N[C@H]1CC(=O)N[C@@H]1c1ccccc1.CN.Fc1ccc(-n2ncc3nc(Br)ccc32)cc1. The van der Waals surface area contributed by atoms with Gasteiger partial charge in [-0.2, -0.15) is 27.8 Å². The lowest BCUT2D eigenvalue weighted by Crippen LogP contribution is -2.46. The number of nitrogens with zero attached hydrogens (tertiary/aromatic N) is 7. The molecule has 4 atom stereocenters. The largest absolute Gasteiger partial charge is 0.347 e. The number of hydrogen-bond donors (Lipinski definition) is 4. The molecule has 0 spiro atoms. The second-order valence-electron chi connectivity index (χ2n) is 16.6. The number of fused-ring (bicyclic) bond motifs is 2. The number of hydrogen-bond acceptors (Lipinski definition) is 9. The maximum atomic E-state index is 13.6. The van der Waals surface area contributed by atoms with Gasteiger partial charge in [-0.05, 0) is 107 Å². The van der Waals surface area contributed by atoms with Crippen molar-refractivity contribution in [3.8, 4) is 11.4 Å². The molecule has 4 aromatic heterocycles. The smallest absolute Gasteiger partial charge is 0.321 e. The first-order chi connectivity index (χ1) is 34.8. The molecule has 10 rings (SSSR count). The molecular weight excluding hydrogens is 1020 g/mol. The lowest BCUT2D eigenvalue weighted by molar-refractivity contribution is -0.144. The van der Waals surface area contributed by atoms with Crippen molar-refractivity contribution in [2.24, 2.45) is 5.73 Å². The lowest BCUT2D eigenvalue weighted by atomic mass is 9.99. The molecule has 2 aliphatic rings. The highest BCUT2D eigenvalue weighted by atomic mass is 79.9. The third-order valence-corrected chi connectivity index (χ3v) is 11.8. The molecule has 4 amide bonds. The Bertz CT molecular complexity index is 3210. The van der Waals surface area contributed by atoms with Crippen molar-refractivity contribution in [2.45, 2.75) is 62.7 Å². The molecule has 2 fully saturated rings. The van der Waals surface area contributed by atoms with Crippen molar-refractivity contribution in [1.82, 2.24) is 45.5 Å². The van der Waals surface area contributed by atoms with Crippen molar-refractivity contribution in [2.75, 3.05) is 11.9 Å². The molecule has 0 unspecified atom stereocenters. The summed E-state index contributed by atoms with van der Waals surface area (Å²) in [6.07, 6.45) is 3.05. The van der Waals surface area contributed by atoms with Gasteiger partial charge in [0.1, 0.15) is 33.1 Å². The van der Waals surface area contributed by atoms with Gasteiger partial charge in [0.05, 0.1) is 59.0 Å². The number of aromatic nitrogens is 6. The number of pyridine rings is 2. The standard InChI is InChI=1S/C25H20F3N5O2.C13H14F2N2O2.C12H7BrFN3.CH5N/c1-25(27,28)24(35)31-18-13-22(34)32(23(18)15-5-3-2-4-6-15)21-12-11-20-19(30-21)14-29-33(20)17-9-7-16(26)8-10-17;1-13(14,15)12(19)16-9-7-10(18)17-11(9)8-5-3-2-4-6-8;13-12-6-5-11-10(16-12)7-15-17(11)9-3-1-8(14)2-4-9;1-2/h2-12,14,18,23H,13H2,1H3,(H,31,35);2-6,9,11H,7H2,1H3,(H,16,19)(H,17,18);1-7H;2H2,1H3/t18-,23+;9-,11+;;/m00../s1. The van der Waals surface area contributed by atoms with E-state index in [4.69, 9.17) is 0 Å². The number of nitrogens with two attached hydrogens (primary N) is 1. The third kappa shape index (κ3) is 12.6. The number of rotatable bonds is 9. The van der Waals surface area contributed by atoms with E-state index in [9.17, 15) is 45.5 Å². The fraction of sp³-hybridized carbons (Fsp3) is 0.216. The van der Waals surface area contributed by atoms with Crippen LogP contribution in [0.3, 0.4) is 0 Å². The van der Waals surface area contributed by atoms with Gasteiger partial charge in [-0.1, -0.05) is 60.7 Å². The van der Waals surface area contributed by atoms with Crippen molar-refractivity contribution >= 4 is 67.4 Å². The quantitative estimate of drug-likeness (QED) is 0.0810. The van der Waals surface area contributed by atoms with E-state index in [-0.39, 0.29) is 36.3 Å². The van der Waals surface area contributed by atoms with Crippen LogP contribution in [-0.2, 0) is 19.2 Å². The van der Waals surface area contributed by atoms with E-state index in [0.29, 0.717) is 41.9 Å². The van der Waals surface area contributed by atoms with Crippen molar-refractivity contribution in [3.05, 3.63) is 173 Å². The van der Waals surface area contributed by atoms with Gasteiger partial charge in [0, 0.05) is 26.7 Å². The Morgan fingerprint density at radius 1 is 0.630 bits per heavy atom. The molecule has 0 saturated carbocycles. The zero-order chi connectivity index (χ0) is 52.6. The van der Waals surface area contributed by atoms with Crippen LogP contribution in [0.25, 0.3) is 33.4 Å². The van der Waals surface area contributed by atoms with Crippen LogP contribution in [0.5, 0.6) is 0 Å². The summed E-state index contributed by atoms with van der Waals surface area (Å²) >= 11 is 3.31. The van der Waals surface area contributed by atoms with Gasteiger partial charge in [0.15, 0.2) is 0 Å². The number of anilines is 1. The summed E-state index contributed by atoms with van der Waals surface area (Å²) in [6, 6.07) is 34.2. The maximum absolute atomic E-state index is 13.6. The van der Waals surface area contributed by atoms with Crippen LogP contribution in [0.15, 0.2) is 150 Å². The van der Waals surface area contributed by atoms with Crippen LogP contribution >= 0.6 is 15.9 Å². The molecule has 2 aliphatic heterocycles. The summed E-state index contributed by atoms with van der Waals surface area (Å²) < 4.78 is 83.2. The van der Waals surface area contributed by atoms with Crippen LogP contribution in [0.2, 0.25) is 0 Å². The Morgan fingerprint density at radius 2 is 1.10 bits per heavy atom. The minimum Gasteiger partial charge on any atom is -0.347 e. The van der Waals surface area contributed by atoms with Gasteiger partial charge in [-0.3, -0.25) is 24.1 Å². The van der Waals surface area contributed by atoms with Crippen LogP contribution in [0.1, 0.15) is 49.9 Å². The van der Waals surface area contributed by atoms with E-state index in [1.54, 1.807) is 107 Å². The zero-order valence-electron chi connectivity index (χ0n) is 39.1. The van der Waals surface area contributed by atoms with Gasteiger partial charge < -0.3 is 21.7 Å². The number of amides is 4. The van der Waals surface area contributed by atoms with E-state index >= 15 is 0 Å². The zero-order valence-corrected chi connectivity index (χ0v) is 40.7. The highest BCUT2D eigenvalue weighted by Gasteiger charge is 2.46. The Hall–Kier alpha value is -7.98. The van der Waals surface area contributed by atoms with Crippen LogP contribution < -0.4 is 26.6 Å². The Kier molecular flexibility index (Phi) is 16.4. The second-order valence-corrected chi connectivity index (χ2v) is 17.4. The highest BCUT2D eigenvalue weighted by Crippen LogP contribution is 2.38. The average molecular weight is 1070 g/mol. The van der Waals surface area contributed by atoms with Crippen molar-refractivity contribution in [1.29, 1.82) is 0 Å². The van der Waals surface area contributed by atoms with Crippen molar-refractivity contribution in [3.63, 3.8) is 0 Å². The molecule has 0 radical (unpaired) electrons. The van der Waals surface area contributed by atoms with Crippen LogP contribution in [0, 0.1) is 11.6 Å². The minimum atomic E-state index is -3.58. The molecule has 22 heteroatoms. The fourth-order valence-electron chi connectivity index (χ4n) is 8.02. The summed E-state index contributed by atoms with van der Waals surface area (Å²) in [7, 11) is 1.50. The number of nitrogens with one attached hydrogen (secondary N) is 3. The molecule has 5 N–H and O–H groups in total. The van der Waals surface area contributed by atoms with E-state index in [0.717, 1.165) is 26.9 Å². The average Bonchev–Trinajstić information content (AvgIpc) is 4.16. The Labute approximate surface area is 421 Å². The molecule has 15 nitrogen and oxygen atoms in total. The first-order valence-electron chi connectivity index (χ1n) is 22.4. The fourth-order valence-corrected chi connectivity index (χ4v) is 8.35. The van der Waals surface area contributed by atoms with Gasteiger partial charge in [-0.25, -0.2) is 28.1 Å². The predicted molar refractivity (Wildman–Crippen MR) is 264 cm³/mol. The summed E-state index contributed by atoms with van der Waals surface area (Å²) in [4.78, 5) is 58.2. The lowest BCUT2D eigenvalue weighted by Gasteiger charge is -2.29. The van der Waals surface area contributed by atoms with Crippen LogP contribution in [0.4, 0.5) is 32.2 Å². The summed E-state index contributed by atoms with van der Waals surface area (Å²) in [6.45, 7) is 1.05.